The molecule has 0 spiro atoms. The molecule has 0 aliphatic rings. The number of rotatable bonds is 4. The molecule has 22 heavy (non-hydrogen) atoms. The second-order valence-corrected chi connectivity index (χ2v) is 5.57. The highest BCUT2D eigenvalue weighted by atomic mass is 16.6. The quantitative estimate of drug-likeness (QED) is 0.794. The molecule has 1 heterocycles. The fourth-order valence-electron chi connectivity index (χ4n) is 2.35. The summed E-state index contributed by atoms with van der Waals surface area (Å²) < 4.78 is 10.6. The Balaban J connectivity index is 2.12. The number of hydrogen-bond donors (Lipinski definition) is 1. The number of aliphatic hydroxyl groups is 1. The van der Waals surface area contributed by atoms with Crippen LogP contribution in [0.25, 0.3) is 22.2 Å². The lowest BCUT2D eigenvalue weighted by molar-refractivity contribution is 0.199. The zero-order valence-electron chi connectivity index (χ0n) is 12.8. The highest BCUT2D eigenvalue weighted by Crippen LogP contribution is 2.32. The fourth-order valence-corrected chi connectivity index (χ4v) is 2.35. The molecule has 0 saturated heterocycles. The first-order valence-electron chi connectivity index (χ1n) is 7.26. The number of hydrogen-bond acceptors (Lipinski definition) is 5. The third-order valence-corrected chi connectivity index (χ3v) is 3.39. The van der Waals surface area contributed by atoms with E-state index in [1.54, 1.807) is 6.92 Å². The molecule has 1 N–H and O–H groups in total. The van der Waals surface area contributed by atoms with Gasteiger partial charge in [0.1, 0.15) is 5.52 Å². The Kier molecular flexibility index (Phi) is 3.81. The highest BCUT2D eigenvalue weighted by Gasteiger charge is 2.13. The van der Waals surface area contributed by atoms with Gasteiger partial charge in [-0.2, -0.15) is 0 Å². The van der Waals surface area contributed by atoms with Crippen LogP contribution in [0, 0.1) is 0 Å². The lowest BCUT2D eigenvalue weighted by Crippen LogP contribution is -2.06. The first-order valence-corrected chi connectivity index (χ1v) is 7.26. The first kappa shape index (κ1) is 14.5. The summed E-state index contributed by atoms with van der Waals surface area (Å²) in [7, 11) is 0. The van der Waals surface area contributed by atoms with Gasteiger partial charge in [0, 0.05) is 0 Å². The van der Waals surface area contributed by atoms with Crippen LogP contribution in [0.2, 0.25) is 0 Å². The van der Waals surface area contributed by atoms with Crippen LogP contribution in [-0.2, 0) is 0 Å². The molecule has 1 unspecified atom stereocenters. The summed E-state index contributed by atoms with van der Waals surface area (Å²) in [5.41, 5.74) is 4.06. The van der Waals surface area contributed by atoms with E-state index in [0.29, 0.717) is 16.8 Å². The van der Waals surface area contributed by atoms with Crippen LogP contribution < -0.4 is 4.74 Å². The van der Waals surface area contributed by atoms with Crippen LogP contribution in [0.4, 0.5) is 0 Å². The van der Waals surface area contributed by atoms with E-state index in [2.05, 4.69) is 10.3 Å². The summed E-state index contributed by atoms with van der Waals surface area (Å²) in [6.07, 6.45) is -0.484. The van der Waals surface area contributed by atoms with Gasteiger partial charge in [0.2, 0.25) is 0 Å². The average molecular weight is 298 g/mol. The van der Waals surface area contributed by atoms with Crippen molar-refractivity contribution in [3.05, 3.63) is 42.0 Å². The zero-order chi connectivity index (χ0) is 15.7. The van der Waals surface area contributed by atoms with Crippen LogP contribution in [0.15, 0.2) is 41.0 Å². The summed E-state index contributed by atoms with van der Waals surface area (Å²) in [5.74, 6) is 0.645. The molecule has 3 rings (SSSR count). The summed E-state index contributed by atoms with van der Waals surface area (Å²) >= 11 is 0. The maximum Gasteiger partial charge on any atom is 0.177 e. The van der Waals surface area contributed by atoms with Gasteiger partial charge in [-0.15, -0.1) is 0 Å². The van der Waals surface area contributed by atoms with Gasteiger partial charge in [0.15, 0.2) is 11.3 Å². The van der Waals surface area contributed by atoms with Crippen LogP contribution in [0.3, 0.4) is 0 Å². The third kappa shape index (κ3) is 2.80. The summed E-state index contributed by atoms with van der Waals surface area (Å²) in [6, 6.07) is 11.6. The Bertz CT molecular complexity index is 793. The van der Waals surface area contributed by atoms with Gasteiger partial charge < -0.3 is 9.84 Å². The number of aliphatic hydroxyl groups excluding tert-OH is 1. The zero-order valence-corrected chi connectivity index (χ0v) is 12.8. The van der Waals surface area contributed by atoms with Crippen molar-refractivity contribution in [1.82, 2.24) is 10.3 Å². The van der Waals surface area contributed by atoms with Crippen molar-refractivity contribution >= 4 is 11.0 Å². The van der Waals surface area contributed by atoms with E-state index in [9.17, 15) is 5.11 Å². The predicted molar refractivity (Wildman–Crippen MR) is 83.6 cm³/mol. The SMILES string of the molecule is CC(C)Oc1cc(-c2cccc(C(C)O)c2)cc2nonc12. The molecular formula is C17H18N2O3. The predicted octanol–water partition coefficient (Wildman–Crippen LogP) is 3.73. The van der Waals surface area contributed by atoms with Gasteiger partial charge >= 0.3 is 0 Å². The van der Waals surface area contributed by atoms with Gasteiger partial charge in [-0.05, 0) is 66.0 Å². The van der Waals surface area contributed by atoms with E-state index in [4.69, 9.17) is 9.37 Å². The van der Waals surface area contributed by atoms with Crippen LogP contribution in [-0.4, -0.2) is 21.5 Å². The van der Waals surface area contributed by atoms with Gasteiger partial charge in [-0.25, -0.2) is 4.63 Å². The Morgan fingerprint density at radius 2 is 1.86 bits per heavy atom. The Labute approximate surface area is 128 Å². The van der Waals surface area contributed by atoms with Crippen molar-refractivity contribution < 1.29 is 14.5 Å². The Hall–Kier alpha value is -2.40. The molecule has 1 atom stereocenters. The number of benzene rings is 2. The molecule has 2 aromatic carbocycles. The minimum Gasteiger partial charge on any atom is -0.489 e. The van der Waals surface area contributed by atoms with Gasteiger partial charge in [-0.1, -0.05) is 18.2 Å². The van der Waals surface area contributed by atoms with Crippen molar-refractivity contribution in [2.75, 3.05) is 0 Å². The largest absolute Gasteiger partial charge is 0.489 e. The second kappa shape index (κ2) is 5.77. The molecule has 0 aliphatic carbocycles. The normalized spacial score (nSPS) is 12.8. The van der Waals surface area contributed by atoms with Crippen LogP contribution in [0.5, 0.6) is 5.75 Å². The number of fused-ring (bicyclic) bond motifs is 1. The standard InChI is InChI=1S/C17H18N2O3/c1-10(2)21-16-9-14(8-15-17(16)19-22-18-15)13-6-4-5-12(7-13)11(3)20/h4-11,20H,1-3H3. The molecule has 0 amide bonds. The van der Waals surface area contributed by atoms with Gasteiger partial charge in [0.25, 0.3) is 0 Å². The van der Waals surface area contributed by atoms with Crippen molar-refractivity contribution in [2.24, 2.45) is 0 Å². The molecule has 1 aromatic heterocycles. The lowest BCUT2D eigenvalue weighted by atomic mass is 10.0. The maximum atomic E-state index is 9.75. The summed E-state index contributed by atoms with van der Waals surface area (Å²) in [5, 5.41) is 17.6. The molecule has 0 radical (unpaired) electrons. The van der Waals surface area contributed by atoms with Crippen molar-refractivity contribution in [2.45, 2.75) is 33.0 Å². The number of ether oxygens (including phenoxy) is 1. The van der Waals surface area contributed by atoms with E-state index >= 15 is 0 Å². The van der Waals surface area contributed by atoms with Crippen LogP contribution >= 0.6 is 0 Å². The van der Waals surface area contributed by atoms with Crippen molar-refractivity contribution in [1.29, 1.82) is 0 Å². The van der Waals surface area contributed by atoms with Crippen LogP contribution in [0.1, 0.15) is 32.4 Å². The van der Waals surface area contributed by atoms with E-state index in [1.807, 2.05) is 50.2 Å². The molecule has 5 heteroatoms. The molecule has 5 nitrogen and oxygen atoms in total. The monoisotopic (exact) mass is 298 g/mol. The molecule has 0 bridgehead atoms. The van der Waals surface area contributed by atoms with Crippen molar-refractivity contribution in [3.8, 4) is 16.9 Å². The topological polar surface area (TPSA) is 68.4 Å². The van der Waals surface area contributed by atoms with E-state index in [-0.39, 0.29) is 6.10 Å². The Morgan fingerprint density at radius 3 is 2.59 bits per heavy atom. The maximum absolute atomic E-state index is 9.75. The molecule has 0 fully saturated rings. The number of nitrogens with zero attached hydrogens (tertiary/aromatic N) is 2. The smallest absolute Gasteiger partial charge is 0.177 e. The molecular weight excluding hydrogens is 280 g/mol. The van der Waals surface area contributed by atoms with E-state index < -0.39 is 6.10 Å². The summed E-state index contributed by atoms with van der Waals surface area (Å²) in [6.45, 7) is 5.66. The Morgan fingerprint density at radius 1 is 1.05 bits per heavy atom. The second-order valence-electron chi connectivity index (χ2n) is 5.57. The molecule has 0 saturated carbocycles. The van der Waals surface area contributed by atoms with Gasteiger partial charge in [-0.3, -0.25) is 0 Å². The first-order chi connectivity index (χ1) is 10.5. The van der Waals surface area contributed by atoms with Crippen molar-refractivity contribution in [3.63, 3.8) is 0 Å². The van der Waals surface area contributed by atoms with E-state index in [1.165, 1.54) is 0 Å². The molecule has 0 aliphatic heterocycles. The molecule has 3 aromatic rings. The highest BCUT2D eigenvalue weighted by molar-refractivity contribution is 5.86. The minimum atomic E-state index is -0.510. The van der Waals surface area contributed by atoms with E-state index in [0.717, 1.165) is 16.7 Å². The molecule has 114 valence electrons. The summed E-state index contributed by atoms with van der Waals surface area (Å²) in [4.78, 5) is 0. The fraction of sp³-hybridized carbons (Fsp3) is 0.294. The number of aromatic nitrogens is 2. The lowest BCUT2D eigenvalue weighted by Gasteiger charge is -2.12. The minimum absolute atomic E-state index is 0.0268. The third-order valence-electron chi connectivity index (χ3n) is 3.39. The average Bonchev–Trinajstić information content (AvgIpc) is 2.95. The van der Waals surface area contributed by atoms with Gasteiger partial charge in [0.05, 0.1) is 12.2 Å².